The van der Waals surface area contributed by atoms with Crippen molar-refractivity contribution >= 4 is 15.9 Å². The van der Waals surface area contributed by atoms with Crippen LogP contribution < -0.4 is 4.74 Å². The van der Waals surface area contributed by atoms with Gasteiger partial charge < -0.3 is 9.84 Å². The molecule has 2 aromatic rings. The van der Waals surface area contributed by atoms with Gasteiger partial charge in [-0.1, -0.05) is 24.3 Å². The molecule has 0 saturated carbocycles. The highest BCUT2D eigenvalue weighted by molar-refractivity contribution is 9.10. The number of para-hydroxylation sites is 1. The molecule has 0 bridgehead atoms. The fraction of sp³-hybridized carbons (Fsp3) is 0.0769. The highest BCUT2D eigenvalue weighted by Gasteiger charge is 2.00. The predicted molar refractivity (Wildman–Crippen MR) is 66.6 cm³/mol. The smallest absolute Gasteiger partial charge is 0.133 e. The third-order valence-corrected chi connectivity index (χ3v) is 2.80. The van der Waals surface area contributed by atoms with Gasteiger partial charge in [-0.15, -0.1) is 0 Å². The zero-order valence-electron chi connectivity index (χ0n) is 8.56. The van der Waals surface area contributed by atoms with E-state index in [2.05, 4.69) is 15.9 Å². The summed E-state index contributed by atoms with van der Waals surface area (Å²) in [7, 11) is 0. The zero-order chi connectivity index (χ0) is 11.4. The molecule has 0 saturated heterocycles. The summed E-state index contributed by atoms with van der Waals surface area (Å²) in [5, 5.41) is 9.30. The fourth-order valence-corrected chi connectivity index (χ4v) is 1.77. The molecule has 82 valence electrons. The molecule has 0 aromatic heterocycles. The Morgan fingerprint density at radius 1 is 1.06 bits per heavy atom. The van der Waals surface area contributed by atoms with E-state index in [-0.39, 0.29) is 5.75 Å². The van der Waals surface area contributed by atoms with Gasteiger partial charge >= 0.3 is 0 Å². The molecule has 2 aromatic carbocycles. The number of phenolic OH excluding ortho intramolecular Hbond substituents is 1. The van der Waals surface area contributed by atoms with E-state index in [9.17, 15) is 5.11 Å². The summed E-state index contributed by atoms with van der Waals surface area (Å²) in [5.74, 6) is 1.05. The van der Waals surface area contributed by atoms with E-state index in [1.165, 1.54) is 0 Å². The zero-order valence-corrected chi connectivity index (χ0v) is 10.1. The van der Waals surface area contributed by atoms with Crippen LogP contribution in [0.25, 0.3) is 0 Å². The molecular weight excluding hydrogens is 268 g/mol. The lowest BCUT2D eigenvalue weighted by Crippen LogP contribution is -1.95. The Morgan fingerprint density at radius 3 is 2.62 bits per heavy atom. The number of benzene rings is 2. The van der Waals surface area contributed by atoms with Gasteiger partial charge in [-0.2, -0.15) is 0 Å². The summed E-state index contributed by atoms with van der Waals surface area (Å²) in [6, 6.07) is 14.7. The van der Waals surface area contributed by atoms with Crippen LogP contribution in [0.1, 0.15) is 5.56 Å². The van der Waals surface area contributed by atoms with Crippen molar-refractivity contribution in [2.75, 3.05) is 0 Å². The van der Waals surface area contributed by atoms with E-state index in [1.807, 2.05) is 30.3 Å². The van der Waals surface area contributed by atoms with Crippen molar-refractivity contribution in [3.8, 4) is 11.5 Å². The van der Waals surface area contributed by atoms with Crippen LogP contribution in [-0.4, -0.2) is 5.11 Å². The van der Waals surface area contributed by atoms with Crippen molar-refractivity contribution in [1.29, 1.82) is 0 Å². The van der Waals surface area contributed by atoms with Crippen LogP contribution in [0.3, 0.4) is 0 Å². The van der Waals surface area contributed by atoms with Crippen LogP contribution in [0.2, 0.25) is 0 Å². The van der Waals surface area contributed by atoms with Gasteiger partial charge in [0.1, 0.15) is 18.1 Å². The van der Waals surface area contributed by atoms with Gasteiger partial charge in [0, 0.05) is 0 Å². The molecule has 0 radical (unpaired) electrons. The predicted octanol–water partition coefficient (Wildman–Crippen LogP) is 3.73. The summed E-state index contributed by atoms with van der Waals surface area (Å²) < 4.78 is 6.55. The van der Waals surface area contributed by atoms with Gasteiger partial charge in [0.2, 0.25) is 0 Å². The highest BCUT2D eigenvalue weighted by Crippen LogP contribution is 2.25. The monoisotopic (exact) mass is 278 g/mol. The molecule has 16 heavy (non-hydrogen) atoms. The SMILES string of the molecule is Oc1cccc(COc2ccccc2Br)c1. The number of rotatable bonds is 3. The van der Waals surface area contributed by atoms with Crippen LogP contribution in [0, 0.1) is 0 Å². The molecule has 0 unspecified atom stereocenters. The van der Waals surface area contributed by atoms with E-state index in [0.717, 1.165) is 15.8 Å². The van der Waals surface area contributed by atoms with Crippen LogP contribution in [-0.2, 0) is 6.61 Å². The Balaban J connectivity index is 2.05. The first kappa shape index (κ1) is 11.0. The van der Waals surface area contributed by atoms with Gasteiger partial charge in [0.15, 0.2) is 0 Å². The Hall–Kier alpha value is -1.48. The Kier molecular flexibility index (Phi) is 3.47. The molecule has 2 rings (SSSR count). The second-order valence-electron chi connectivity index (χ2n) is 3.39. The lowest BCUT2D eigenvalue weighted by Gasteiger charge is -2.07. The molecule has 0 aliphatic carbocycles. The molecule has 1 N–H and O–H groups in total. The Bertz CT molecular complexity index is 483. The van der Waals surface area contributed by atoms with E-state index < -0.39 is 0 Å². The summed E-state index contributed by atoms with van der Waals surface area (Å²) in [6.07, 6.45) is 0. The first-order valence-corrected chi connectivity index (χ1v) is 5.70. The number of hydrogen-bond donors (Lipinski definition) is 1. The maximum Gasteiger partial charge on any atom is 0.133 e. The molecule has 0 aliphatic heterocycles. The fourth-order valence-electron chi connectivity index (χ4n) is 1.37. The average Bonchev–Trinajstić information content (AvgIpc) is 2.28. The highest BCUT2D eigenvalue weighted by atomic mass is 79.9. The molecular formula is C13H11BrO2. The average molecular weight is 279 g/mol. The lowest BCUT2D eigenvalue weighted by atomic mass is 10.2. The van der Waals surface area contributed by atoms with E-state index in [1.54, 1.807) is 18.2 Å². The minimum absolute atomic E-state index is 0.258. The third kappa shape index (κ3) is 2.76. The maximum absolute atomic E-state index is 9.30. The molecule has 3 heteroatoms. The van der Waals surface area contributed by atoms with Gasteiger partial charge in [-0.25, -0.2) is 0 Å². The standard InChI is InChI=1S/C13H11BrO2/c14-12-6-1-2-7-13(12)16-9-10-4-3-5-11(15)8-10/h1-8,15H,9H2. The lowest BCUT2D eigenvalue weighted by molar-refractivity contribution is 0.303. The van der Waals surface area contributed by atoms with Crippen LogP contribution in [0.4, 0.5) is 0 Å². The Morgan fingerprint density at radius 2 is 1.88 bits per heavy atom. The largest absolute Gasteiger partial charge is 0.508 e. The molecule has 0 spiro atoms. The van der Waals surface area contributed by atoms with Crippen molar-refractivity contribution in [2.24, 2.45) is 0 Å². The topological polar surface area (TPSA) is 29.5 Å². The van der Waals surface area contributed by atoms with Crippen molar-refractivity contribution in [3.05, 3.63) is 58.6 Å². The molecule has 0 fully saturated rings. The Labute approximate surface area is 103 Å². The first-order chi connectivity index (χ1) is 7.75. The maximum atomic E-state index is 9.30. The van der Waals surface area contributed by atoms with Gasteiger partial charge in [-0.3, -0.25) is 0 Å². The molecule has 0 heterocycles. The van der Waals surface area contributed by atoms with Crippen LogP contribution in [0.15, 0.2) is 53.0 Å². The normalized spacial score (nSPS) is 10.1. The molecule has 2 nitrogen and oxygen atoms in total. The first-order valence-electron chi connectivity index (χ1n) is 4.91. The summed E-state index contributed by atoms with van der Waals surface area (Å²) >= 11 is 3.41. The van der Waals surface area contributed by atoms with Crippen molar-refractivity contribution in [1.82, 2.24) is 0 Å². The van der Waals surface area contributed by atoms with Crippen molar-refractivity contribution < 1.29 is 9.84 Å². The van der Waals surface area contributed by atoms with Crippen LogP contribution >= 0.6 is 15.9 Å². The summed E-state index contributed by atoms with van der Waals surface area (Å²) in [4.78, 5) is 0. The minimum atomic E-state index is 0.258. The quantitative estimate of drug-likeness (QED) is 0.927. The van der Waals surface area contributed by atoms with Crippen LogP contribution in [0.5, 0.6) is 11.5 Å². The summed E-state index contributed by atoms with van der Waals surface area (Å²) in [5.41, 5.74) is 0.941. The number of ether oxygens (including phenoxy) is 1. The van der Waals surface area contributed by atoms with Crippen molar-refractivity contribution in [2.45, 2.75) is 6.61 Å². The van der Waals surface area contributed by atoms with Gasteiger partial charge in [0.05, 0.1) is 4.47 Å². The molecule has 0 amide bonds. The van der Waals surface area contributed by atoms with E-state index in [0.29, 0.717) is 6.61 Å². The van der Waals surface area contributed by atoms with E-state index in [4.69, 9.17) is 4.74 Å². The number of halogens is 1. The molecule has 0 aliphatic rings. The summed E-state index contributed by atoms with van der Waals surface area (Å²) in [6.45, 7) is 0.441. The molecule has 0 atom stereocenters. The third-order valence-electron chi connectivity index (χ3n) is 2.14. The van der Waals surface area contributed by atoms with E-state index >= 15 is 0 Å². The number of aromatic hydroxyl groups is 1. The number of phenols is 1. The second-order valence-corrected chi connectivity index (χ2v) is 4.24. The van der Waals surface area contributed by atoms with Gasteiger partial charge in [0.25, 0.3) is 0 Å². The van der Waals surface area contributed by atoms with Crippen molar-refractivity contribution in [3.63, 3.8) is 0 Å². The number of hydrogen-bond acceptors (Lipinski definition) is 2. The van der Waals surface area contributed by atoms with Gasteiger partial charge in [-0.05, 0) is 45.8 Å². The second kappa shape index (κ2) is 5.03. The minimum Gasteiger partial charge on any atom is -0.508 e.